The lowest BCUT2D eigenvalue weighted by atomic mass is 10.2. The monoisotopic (exact) mass is 582 g/mol. The molecule has 31 heavy (non-hydrogen) atoms. The van der Waals surface area contributed by atoms with Crippen LogP contribution in [-0.4, -0.2) is 8.42 Å². The quantitative estimate of drug-likeness (QED) is 0.291. The number of hydrogen-bond acceptors (Lipinski definition) is 2. The summed E-state index contributed by atoms with van der Waals surface area (Å²) in [6.07, 6.45) is 1.83. The molecule has 7 heteroatoms. The van der Waals surface area contributed by atoms with Crippen LogP contribution in [0.4, 0.5) is 4.39 Å². The van der Waals surface area contributed by atoms with E-state index in [9.17, 15) is 12.8 Å². The number of halogens is 3. The Balaban J connectivity index is 0.000000245. The second-order valence-electron chi connectivity index (χ2n) is 6.32. The summed E-state index contributed by atoms with van der Waals surface area (Å²) in [4.78, 5) is 0. The first-order chi connectivity index (χ1) is 14.9. The summed E-state index contributed by atoms with van der Waals surface area (Å²) in [6, 6.07) is 21.6. The molecule has 0 saturated heterocycles. The van der Waals surface area contributed by atoms with Crippen molar-refractivity contribution >= 4 is 59.5 Å². The fourth-order valence-electron chi connectivity index (χ4n) is 2.33. The maximum absolute atomic E-state index is 12.7. The standard InChI is InChI=1S/C15H12BrFOS.C9H9BrOS/c16-14-5-1-12(2-6-14)9-10-19(18)11-13-3-7-15(17)8-4-13;1-2-12(11)7-8-3-5-9(10)6-4-8/h1-10H,11H2;2-6H,1,7H2/b10-9+;. The van der Waals surface area contributed by atoms with Crippen LogP contribution in [0, 0.1) is 5.82 Å². The molecule has 0 N–H and O–H groups in total. The molecule has 0 aliphatic carbocycles. The van der Waals surface area contributed by atoms with Crippen molar-refractivity contribution in [2.75, 3.05) is 0 Å². The van der Waals surface area contributed by atoms with Crippen LogP contribution >= 0.6 is 31.9 Å². The molecule has 0 bridgehead atoms. The Labute approximate surface area is 204 Å². The third kappa shape index (κ3) is 10.5. The van der Waals surface area contributed by atoms with Crippen molar-refractivity contribution in [1.29, 1.82) is 0 Å². The van der Waals surface area contributed by atoms with E-state index in [0.717, 1.165) is 25.6 Å². The Morgan fingerprint density at radius 1 is 0.742 bits per heavy atom. The molecular weight excluding hydrogens is 563 g/mol. The van der Waals surface area contributed by atoms with E-state index in [4.69, 9.17) is 0 Å². The summed E-state index contributed by atoms with van der Waals surface area (Å²) in [5, 5.41) is 3.12. The molecule has 0 aliphatic rings. The van der Waals surface area contributed by atoms with Crippen LogP contribution in [0.15, 0.2) is 99.1 Å². The first-order valence-electron chi connectivity index (χ1n) is 9.15. The zero-order valence-electron chi connectivity index (χ0n) is 16.5. The third-order valence-corrected chi connectivity index (χ3v) is 7.02. The van der Waals surface area contributed by atoms with Gasteiger partial charge in [-0.25, -0.2) is 4.39 Å². The van der Waals surface area contributed by atoms with Gasteiger partial charge in [-0.3, -0.25) is 8.42 Å². The van der Waals surface area contributed by atoms with Crippen molar-refractivity contribution < 1.29 is 12.8 Å². The molecule has 0 radical (unpaired) electrons. The van der Waals surface area contributed by atoms with Gasteiger partial charge in [0.25, 0.3) is 0 Å². The maximum atomic E-state index is 12.7. The van der Waals surface area contributed by atoms with Crippen molar-refractivity contribution in [1.82, 2.24) is 0 Å². The predicted molar refractivity (Wildman–Crippen MR) is 138 cm³/mol. The highest BCUT2D eigenvalue weighted by Crippen LogP contribution is 2.13. The van der Waals surface area contributed by atoms with Crippen LogP contribution < -0.4 is 0 Å². The van der Waals surface area contributed by atoms with Gasteiger partial charge in [0, 0.05) is 25.2 Å². The summed E-state index contributed by atoms with van der Waals surface area (Å²) in [7, 11) is -2.03. The van der Waals surface area contributed by atoms with Crippen molar-refractivity contribution in [2.45, 2.75) is 11.5 Å². The summed E-state index contributed by atoms with van der Waals surface area (Å²) in [5.41, 5.74) is 2.92. The largest absolute Gasteiger partial charge is 0.255 e. The molecule has 3 aromatic rings. The molecule has 162 valence electrons. The van der Waals surface area contributed by atoms with Crippen molar-refractivity contribution in [2.24, 2.45) is 0 Å². The predicted octanol–water partition coefficient (Wildman–Crippen LogP) is 7.35. The Kier molecular flexibility index (Phi) is 11.3. The second kappa shape index (κ2) is 13.7. The lowest BCUT2D eigenvalue weighted by molar-refractivity contribution is 0.627. The topological polar surface area (TPSA) is 34.1 Å². The van der Waals surface area contributed by atoms with E-state index in [1.165, 1.54) is 17.5 Å². The maximum Gasteiger partial charge on any atom is 0.123 e. The molecule has 2 atom stereocenters. The van der Waals surface area contributed by atoms with E-state index in [1.54, 1.807) is 17.5 Å². The fourth-order valence-corrected chi connectivity index (χ4v) is 4.42. The van der Waals surface area contributed by atoms with E-state index in [1.807, 2.05) is 54.6 Å². The summed E-state index contributed by atoms with van der Waals surface area (Å²) in [5.74, 6) is 0.671. The van der Waals surface area contributed by atoms with Gasteiger partial charge in [0.15, 0.2) is 0 Å². The zero-order chi connectivity index (χ0) is 22.6. The highest BCUT2D eigenvalue weighted by molar-refractivity contribution is 9.10. The van der Waals surface area contributed by atoms with Crippen molar-refractivity contribution in [3.63, 3.8) is 0 Å². The zero-order valence-corrected chi connectivity index (χ0v) is 21.4. The molecule has 0 saturated carbocycles. The highest BCUT2D eigenvalue weighted by Gasteiger charge is 1.99. The van der Waals surface area contributed by atoms with Crippen molar-refractivity contribution in [3.8, 4) is 0 Å². The number of benzene rings is 3. The van der Waals surface area contributed by atoms with E-state index >= 15 is 0 Å². The molecule has 2 nitrogen and oxygen atoms in total. The van der Waals surface area contributed by atoms with Gasteiger partial charge >= 0.3 is 0 Å². The molecular formula is C24H21Br2FO2S2. The van der Waals surface area contributed by atoms with Crippen LogP contribution in [0.1, 0.15) is 16.7 Å². The van der Waals surface area contributed by atoms with Gasteiger partial charge in [-0.1, -0.05) is 74.8 Å². The lowest BCUT2D eigenvalue weighted by Gasteiger charge is -1.98. The number of rotatable bonds is 7. The Morgan fingerprint density at radius 2 is 1.19 bits per heavy atom. The van der Waals surface area contributed by atoms with E-state index in [0.29, 0.717) is 11.5 Å². The van der Waals surface area contributed by atoms with Crippen LogP contribution in [0.3, 0.4) is 0 Å². The van der Waals surface area contributed by atoms with Gasteiger partial charge < -0.3 is 0 Å². The Morgan fingerprint density at radius 3 is 1.71 bits per heavy atom. The van der Waals surface area contributed by atoms with E-state index in [2.05, 4.69) is 38.4 Å². The highest BCUT2D eigenvalue weighted by atomic mass is 79.9. The third-order valence-electron chi connectivity index (χ3n) is 3.91. The van der Waals surface area contributed by atoms with Crippen LogP contribution in [0.25, 0.3) is 6.08 Å². The molecule has 3 aromatic carbocycles. The second-order valence-corrected chi connectivity index (χ2v) is 10.9. The Hall–Kier alpha value is -1.67. The van der Waals surface area contributed by atoms with Gasteiger partial charge in [-0.2, -0.15) is 0 Å². The van der Waals surface area contributed by atoms with Gasteiger partial charge in [0.1, 0.15) is 5.82 Å². The minimum Gasteiger partial charge on any atom is -0.255 e. The Bertz CT molecular complexity index is 1050. The van der Waals surface area contributed by atoms with E-state index in [-0.39, 0.29) is 5.82 Å². The van der Waals surface area contributed by atoms with Gasteiger partial charge in [-0.05, 0) is 64.6 Å². The van der Waals surface area contributed by atoms with Gasteiger partial charge in [0.2, 0.25) is 0 Å². The first kappa shape index (κ1) is 25.6. The minimum absolute atomic E-state index is 0.278. The fraction of sp³-hybridized carbons (Fsp3) is 0.0833. The number of hydrogen-bond donors (Lipinski definition) is 0. The molecule has 0 aromatic heterocycles. The van der Waals surface area contributed by atoms with Gasteiger partial charge in [0.05, 0.1) is 22.3 Å². The lowest BCUT2D eigenvalue weighted by Crippen LogP contribution is -1.91. The SMILES string of the molecule is C=CS(=O)Cc1ccc(Br)cc1.O=S(/C=C/c1ccc(Br)cc1)Cc1ccc(F)cc1. The molecule has 0 heterocycles. The minimum atomic E-state index is -1.10. The average Bonchev–Trinajstić information content (AvgIpc) is 2.77. The molecule has 0 fully saturated rings. The summed E-state index contributed by atoms with van der Waals surface area (Å²) < 4.78 is 37.7. The smallest absolute Gasteiger partial charge is 0.123 e. The molecule has 2 unspecified atom stereocenters. The van der Waals surface area contributed by atoms with Crippen molar-refractivity contribution in [3.05, 3.63) is 122 Å². The van der Waals surface area contributed by atoms with Crippen LogP contribution in [-0.2, 0) is 33.1 Å². The normalized spacial score (nSPS) is 12.6. The van der Waals surface area contributed by atoms with Crippen LogP contribution in [0.5, 0.6) is 0 Å². The summed E-state index contributed by atoms with van der Waals surface area (Å²) >= 11 is 6.69. The molecule has 0 amide bonds. The van der Waals surface area contributed by atoms with Gasteiger partial charge in [-0.15, -0.1) is 0 Å². The molecule has 0 spiro atoms. The molecule has 3 rings (SSSR count). The summed E-state index contributed by atoms with van der Waals surface area (Å²) in [6.45, 7) is 3.46. The average molecular weight is 584 g/mol. The van der Waals surface area contributed by atoms with E-state index < -0.39 is 21.6 Å². The van der Waals surface area contributed by atoms with Crippen LogP contribution in [0.2, 0.25) is 0 Å². The molecule has 0 aliphatic heterocycles. The first-order valence-corrected chi connectivity index (χ1v) is 13.5.